The van der Waals surface area contributed by atoms with Crippen molar-refractivity contribution in [1.82, 2.24) is 5.32 Å². The van der Waals surface area contributed by atoms with E-state index in [9.17, 15) is 0 Å². The van der Waals surface area contributed by atoms with Crippen molar-refractivity contribution in [2.24, 2.45) is 5.41 Å². The minimum absolute atomic E-state index is 0.235. The zero-order valence-electron chi connectivity index (χ0n) is 8.32. The maximum atomic E-state index is 5.79. The van der Waals surface area contributed by atoms with Crippen molar-refractivity contribution in [1.29, 1.82) is 0 Å². The van der Waals surface area contributed by atoms with Gasteiger partial charge in [-0.1, -0.05) is 20.8 Å². The molecule has 0 aromatic heterocycles. The summed E-state index contributed by atoms with van der Waals surface area (Å²) in [6.45, 7) is 8.66. The zero-order chi connectivity index (χ0) is 9.45. The van der Waals surface area contributed by atoms with E-state index in [1.807, 2.05) is 11.8 Å². The summed E-state index contributed by atoms with van der Waals surface area (Å²) in [5, 5.41) is 3.41. The summed E-state index contributed by atoms with van der Waals surface area (Å²) in [4.78, 5) is 0. The Bertz CT molecular complexity index is 107. The Hall–Kier alpha value is 0.600. The highest BCUT2D eigenvalue weighted by atomic mass is 35.5. The topological polar surface area (TPSA) is 12.0 Å². The quantitative estimate of drug-likeness (QED) is 0.511. The van der Waals surface area contributed by atoms with E-state index in [4.69, 9.17) is 11.6 Å². The van der Waals surface area contributed by atoms with Gasteiger partial charge in [0.25, 0.3) is 0 Å². The summed E-state index contributed by atoms with van der Waals surface area (Å²) >= 11 is 7.76. The van der Waals surface area contributed by atoms with Crippen molar-refractivity contribution in [3.05, 3.63) is 0 Å². The Morgan fingerprint density at radius 1 is 1.42 bits per heavy atom. The number of halogens is 1. The first kappa shape index (κ1) is 12.6. The number of alkyl halides is 1. The van der Waals surface area contributed by atoms with Crippen LogP contribution in [0, 0.1) is 5.41 Å². The van der Waals surface area contributed by atoms with Crippen molar-refractivity contribution in [3.8, 4) is 0 Å². The largest absolute Gasteiger partial charge is 0.315 e. The molecule has 0 spiro atoms. The van der Waals surface area contributed by atoms with Gasteiger partial charge in [0, 0.05) is 24.7 Å². The van der Waals surface area contributed by atoms with Crippen molar-refractivity contribution in [3.63, 3.8) is 0 Å². The molecular formula is C9H20ClNS. The van der Waals surface area contributed by atoms with Crippen LogP contribution < -0.4 is 5.32 Å². The average Bonchev–Trinajstić information content (AvgIpc) is 2.04. The van der Waals surface area contributed by atoms with Crippen LogP contribution in [0.3, 0.4) is 0 Å². The van der Waals surface area contributed by atoms with Crippen LogP contribution in [0.1, 0.15) is 20.8 Å². The molecule has 0 atom stereocenters. The van der Waals surface area contributed by atoms with Crippen LogP contribution in [0.2, 0.25) is 0 Å². The lowest BCUT2D eigenvalue weighted by Gasteiger charge is -2.21. The SMILES string of the molecule is CCSCCNCC(C)(C)CCl. The van der Waals surface area contributed by atoms with Gasteiger partial charge in [0.1, 0.15) is 0 Å². The summed E-state index contributed by atoms with van der Waals surface area (Å²) in [6, 6.07) is 0. The molecule has 0 rings (SSSR count). The van der Waals surface area contributed by atoms with Crippen LogP contribution >= 0.6 is 23.4 Å². The summed E-state index contributed by atoms with van der Waals surface area (Å²) in [7, 11) is 0. The first-order valence-corrected chi connectivity index (χ1v) is 6.16. The molecule has 0 aliphatic carbocycles. The third-order valence-corrected chi connectivity index (χ3v) is 3.22. The molecule has 0 bridgehead atoms. The molecule has 0 radical (unpaired) electrons. The molecule has 1 nitrogen and oxygen atoms in total. The normalized spacial score (nSPS) is 12.0. The Morgan fingerprint density at radius 3 is 2.58 bits per heavy atom. The van der Waals surface area contributed by atoms with E-state index in [2.05, 4.69) is 26.1 Å². The predicted molar refractivity (Wildman–Crippen MR) is 60.4 cm³/mol. The van der Waals surface area contributed by atoms with Crippen LogP contribution in [0.15, 0.2) is 0 Å². The summed E-state index contributed by atoms with van der Waals surface area (Å²) in [5.41, 5.74) is 0.235. The smallest absolute Gasteiger partial charge is 0.0286 e. The summed E-state index contributed by atoms with van der Waals surface area (Å²) in [6.07, 6.45) is 0. The van der Waals surface area contributed by atoms with E-state index in [-0.39, 0.29) is 5.41 Å². The maximum Gasteiger partial charge on any atom is 0.0286 e. The Morgan fingerprint density at radius 2 is 2.08 bits per heavy atom. The van der Waals surface area contributed by atoms with Gasteiger partial charge in [-0.25, -0.2) is 0 Å². The lowest BCUT2D eigenvalue weighted by atomic mass is 9.97. The van der Waals surface area contributed by atoms with Crippen molar-refractivity contribution < 1.29 is 0 Å². The molecule has 0 aromatic carbocycles. The first-order chi connectivity index (χ1) is 5.62. The molecule has 0 amide bonds. The second kappa shape index (κ2) is 7.05. The van der Waals surface area contributed by atoms with Crippen molar-refractivity contribution >= 4 is 23.4 Å². The van der Waals surface area contributed by atoms with Crippen LogP contribution in [0.25, 0.3) is 0 Å². The highest BCUT2D eigenvalue weighted by Gasteiger charge is 2.14. The fourth-order valence-corrected chi connectivity index (χ4v) is 1.43. The Labute approximate surface area is 85.6 Å². The molecule has 0 aromatic rings. The second-order valence-corrected chi connectivity index (χ2v) is 5.33. The van der Waals surface area contributed by atoms with Crippen molar-refractivity contribution in [2.45, 2.75) is 20.8 Å². The van der Waals surface area contributed by atoms with Crippen molar-refractivity contribution in [2.75, 3.05) is 30.5 Å². The van der Waals surface area contributed by atoms with Crippen LogP contribution in [0.5, 0.6) is 0 Å². The molecule has 12 heavy (non-hydrogen) atoms. The monoisotopic (exact) mass is 209 g/mol. The van der Waals surface area contributed by atoms with Gasteiger partial charge in [-0.05, 0) is 11.2 Å². The van der Waals surface area contributed by atoms with Gasteiger partial charge in [-0.2, -0.15) is 11.8 Å². The summed E-state index contributed by atoms with van der Waals surface area (Å²) in [5.74, 6) is 3.14. The number of hydrogen-bond donors (Lipinski definition) is 1. The highest BCUT2D eigenvalue weighted by molar-refractivity contribution is 7.99. The predicted octanol–water partition coefficient (Wildman–Crippen LogP) is 2.59. The van der Waals surface area contributed by atoms with E-state index in [1.54, 1.807) is 0 Å². The lowest BCUT2D eigenvalue weighted by molar-refractivity contribution is 0.391. The first-order valence-electron chi connectivity index (χ1n) is 4.47. The Balaban J connectivity index is 3.19. The second-order valence-electron chi connectivity index (χ2n) is 3.67. The molecule has 0 heterocycles. The molecule has 74 valence electrons. The van der Waals surface area contributed by atoms with Gasteiger partial charge >= 0.3 is 0 Å². The molecular weight excluding hydrogens is 190 g/mol. The molecule has 0 aliphatic rings. The minimum Gasteiger partial charge on any atom is -0.315 e. The average molecular weight is 210 g/mol. The van der Waals surface area contributed by atoms with E-state index < -0.39 is 0 Å². The van der Waals surface area contributed by atoms with Crippen LogP contribution in [0.4, 0.5) is 0 Å². The third-order valence-electron chi connectivity index (χ3n) is 1.59. The molecule has 0 aliphatic heterocycles. The highest BCUT2D eigenvalue weighted by Crippen LogP contribution is 2.14. The standard InChI is InChI=1S/C9H20ClNS/c1-4-12-6-5-11-8-9(2,3)7-10/h11H,4-8H2,1-3H3. The molecule has 0 saturated carbocycles. The fourth-order valence-electron chi connectivity index (χ4n) is 0.763. The maximum absolute atomic E-state index is 5.79. The van der Waals surface area contributed by atoms with Gasteiger partial charge in [0.15, 0.2) is 0 Å². The number of hydrogen-bond acceptors (Lipinski definition) is 2. The lowest BCUT2D eigenvalue weighted by Crippen LogP contribution is -2.32. The van der Waals surface area contributed by atoms with E-state index in [0.29, 0.717) is 0 Å². The molecule has 0 saturated heterocycles. The Kier molecular flexibility index (Phi) is 7.40. The van der Waals surface area contributed by atoms with E-state index in [1.165, 1.54) is 11.5 Å². The van der Waals surface area contributed by atoms with E-state index >= 15 is 0 Å². The third kappa shape index (κ3) is 7.26. The zero-order valence-corrected chi connectivity index (χ0v) is 9.89. The molecule has 1 N–H and O–H groups in total. The van der Waals surface area contributed by atoms with Gasteiger partial charge < -0.3 is 5.32 Å². The van der Waals surface area contributed by atoms with Gasteiger partial charge in [-0.15, -0.1) is 11.6 Å². The number of nitrogens with one attached hydrogen (secondary N) is 1. The number of rotatable bonds is 7. The van der Waals surface area contributed by atoms with Gasteiger partial charge in [0.05, 0.1) is 0 Å². The molecule has 0 unspecified atom stereocenters. The van der Waals surface area contributed by atoms with E-state index in [0.717, 1.165) is 19.0 Å². The molecule has 0 fully saturated rings. The van der Waals surface area contributed by atoms with Gasteiger partial charge in [-0.3, -0.25) is 0 Å². The van der Waals surface area contributed by atoms with Gasteiger partial charge in [0.2, 0.25) is 0 Å². The fraction of sp³-hybridized carbons (Fsp3) is 1.00. The van der Waals surface area contributed by atoms with Crippen LogP contribution in [-0.4, -0.2) is 30.5 Å². The van der Waals surface area contributed by atoms with Crippen LogP contribution in [-0.2, 0) is 0 Å². The number of thioether (sulfide) groups is 1. The summed E-state index contributed by atoms with van der Waals surface area (Å²) < 4.78 is 0. The molecule has 3 heteroatoms. The minimum atomic E-state index is 0.235.